The summed E-state index contributed by atoms with van der Waals surface area (Å²) in [4.78, 5) is 27.1. The third-order valence-electron chi connectivity index (χ3n) is 2.67. The van der Waals surface area contributed by atoms with Crippen LogP contribution in [0.5, 0.6) is 5.75 Å². The van der Waals surface area contributed by atoms with Gasteiger partial charge in [-0.05, 0) is 11.6 Å². The van der Waals surface area contributed by atoms with Gasteiger partial charge in [-0.25, -0.2) is 4.79 Å². The quantitative estimate of drug-likeness (QED) is 0.600. The number of carboxylic acid groups (broad SMARTS) is 1. The third kappa shape index (κ3) is 2.21. The molecule has 0 radical (unpaired) electrons. The lowest BCUT2D eigenvalue weighted by molar-refractivity contribution is -0.138. The average Bonchev–Trinajstić information content (AvgIpc) is 2.66. The highest BCUT2D eigenvalue weighted by molar-refractivity contribution is 5.79. The lowest BCUT2D eigenvalue weighted by Gasteiger charge is -2.11. The number of benzene rings is 1. The molecule has 0 saturated heterocycles. The number of hydrogen-bond donors (Lipinski definition) is 4. The summed E-state index contributed by atoms with van der Waals surface area (Å²) < 4.78 is 5.16. The van der Waals surface area contributed by atoms with Crippen LogP contribution in [0.3, 0.4) is 0 Å². The molecule has 0 spiro atoms. The van der Waals surface area contributed by atoms with Crippen LogP contribution < -0.4 is 16.2 Å². The molecular weight excluding hydrogens is 238 g/mol. The molecule has 1 unspecified atom stereocenters. The largest absolute Gasteiger partial charge is 0.496 e. The van der Waals surface area contributed by atoms with Gasteiger partial charge in [-0.3, -0.25) is 4.79 Å². The SMILES string of the molecule is COc1cc2[nH]c(=O)[nH]c2cc1CC(N)C(=O)O. The van der Waals surface area contributed by atoms with Crippen molar-refractivity contribution in [1.29, 1.82) is 0 Å². The van der Waals surface area contributed by atoms with Crippen LogP contribution in [-0.4, -0.2) is 34.2 Å². The fourth-order valence-electron chi connectivity index (χ4n) is 1.78. The van der Waals surface area contributed by atoms with Gasteiger partial charge in [-0.15, -0.1) is 0 Å². The number of aromatic amines is 2. The molecule has 7 nitrogen and oxygen atoms in total. The lowest BCUT2D eigenvalue weighted by atomic mass is 10.0. The molecule has 2 rings (SSSR count). The van der Waals surface area contributed by atoms with Gasteiger partial charge in [-0.2, -0.15) is 0 Å². The van der Waals surface area contributed by atoms with E-state index >= 15 is 0 Å². The predicted octanol–water partition coefficient (Wildman–Crippen LogP) is -0.181. The van der Waals surface area contributed by atoms with Crippen LogP contribution >= 0.6 is 0 Å². The molecule has 0 aliphatic rings. The zero-order valence-corrected chi connectivity index (χ0v) is 9.69. The van der Waals surface area contributed by atoms with Crippen molar-refractivity contribution in [2.45, 2.75) is 12.5 Å². The maximum Gasteiger partial charge on any atom is 0.323 e. The van der Waals surface area contributed by atoms with Crippen molar-refractivity contribution < 1.29 is 14.6 Å². The number of ether oxygens (including phenoxy) is 1. The third-order valence-corrected chi connectivity index (χ3v) is 2.67. The number of nitrogens with one attached hydrogen (secondary N) is 2. The van der Waals surface area contributed by atoms with E-state index in [4.69, 9.17) is 15.6 Å². The molecule has 0 aliphatic carbocycles. The van der Waals surface area contributed by atoms with Crippen molar-refractivity contribution in [3.63, 3.8) is 0 Å². The van der Waals surface area contributed by atoms with Crippen molar-refractivity contribution in [3.8, 4) is 5.75 Å². The number of nitrogens with two attached hydrogens (primary N) is 1. The standard InChI is InChI=1S/C11H13N3O4/c1-18-9-4-8-7(13-11(17)14-8)3-5(9)2-6(12)10(15)16/h3-4,6H,2,12H2,1H3,(H,15,16)(H2,13,14,17). The Bertz CT molecular complexity index is 643. The summed E-state index contributed by atoms with van der Waals surface area (Å²) in [5, 5.41) is 8.79. The maximum absolute atomic E-state index is 11.2. The summed E-state index contributed by atoms with van der Waals surface area (Å²) in [5.74, 6) is -0.589. The van der Waals surface area contributed by atoms with Crippen molar-refractivity contribution in [3.05, 3.63) is 28.2 Å². The van der Waals surface area contributed by atoms with Crippen LogP contribution in [-0.2, 0) is 11.2 Å². The molecular formula is C11H13N3O4. The van der Waals surface area contributed by atoms with Gasteiger partial charge in [0.25, 0.3) is 0 Å². The van der Waals surface area contributed by atoms with Gasteiger partial charge in [-0.1, -0.05) is 0 Å². The summed E-state index contributed by atoms with van der Waals surface area (Å²) in [6.45, 7) is 0. The van der Waals surface area contributed by atoms with Crippen molar-refractivity contribution in [2.24, 2.45) is 5.73 Å². The monoisotopic (exact) mass is 251 g/mol. The normalized spacial score (nSPS) is 12.6. The highest BCUT2D eigenvalue weighted by Crippen LogP contribution is 2.24. The van der Waals surface area contributed by atoms with E-state index in [2.05, 4.69) is 9.97 Å². The molecule has 96 valence electrons. The number of hydrogen-bond acceptors (Lipinski definition) is 4. The number of rotatable bonds is 4. The Hall–Kier alpha value is -2.28. The maximum atomic E-state index is 11.2. The summed E-state index contributed by atoms with van der Waals surface area (Å²) in [6, 6.07) is 2.29. The Morgan fingerprint density at radius 3 is 2.61 bits per heavy atom. The summed E-state index contributed by atoms with van der Waals surface area (Å²) in [6.07, 6.45) is 0.127. The van der Waals surface area contributed by atoms with Gasteiger partial charge in [0.2, 0.25) is 0 Å². The Morgan fingerprint density at radius 1 is 1.44 bits per heavy atom. The van der Waals surface area contributed by atoms with Crippen LogP contribution in [0.4, 0.5) is 0 Å². The molecule has 1 aromatic heterocycles. The first kappa shape index (κ1) is 12.2. The zero-order chi connectivity index (χ0) is 13.3. The van der Waals surface area contributed by atoms with E-state index in [0.717, 1.165) is 0 Å². The van der Waals surface area contributed by atoms with Crippen LogP contribution in [0.2, 0.25) is 0 Å². The molecule has 18 heavy (non-hydrogen) atoms. The number of carbonyl (C=O) groups is 1. The second kappa shape index (κ2) is 4.53. The van der Waals surface area contributed by atoms with Crippen LogP contribution in [0.25, 0.3) is 11.0 Å². The number of carboxylic acids is 1. The van der Waals surface area contributed by atoms with Gasteiger partial charge >= 0.3 is 11.7 Å². The van der Waals surface area contributed by atoms with E-state index in [0.29, 0.717) is 22.3 Å². The highest BCUT2D eigenvalue weighted by Gasteiger charge is 2.16. The zero-order valence-electron chi connectivity index (χ0n) is 9.69. The number of aromatic nitrogens is 2. The molecule has 0 fully saturated rings. The van der Waals surface area contributed by atoms with Crippen LogP contribution in [0, 0.1) is 0 Å². The summed E-state index contributed by atoms with van der Waals surface area (Å²) in [7, 11) is 1.47. The fourth-order valence-corrected chi connectivity index (χ4v) is 1.78. The van der Waals surface area contributed by atoms with E-state index in [-0.39, 0.29) is 12.1 Å². The predicted molar refractivity (Wildman–Crippen MR) is 64.8 cm³/mol. The number of fused-ring (bicyclic) bond motifs is 1. The van der Waals surface area contributed by atoms with Crippen LogP contribution in [0.1, 0.15) is 5.56 Å². The van der Waals surface area contributed by atoms with E-state index in [1.807, 2.05) is 0 Å². The Kier molecular flexibility index (Phi) is 3.07. The van der Waals surface area contributed by atoms with Gasteiger partial charge < -0.3 is 25.5 Å². The fraction of sp³-hybridized carbons (Fsp3) is 0.273. The van der Waals surface area contributed by atoms with E-state index in [1.54, 1.807) is 12.1 Å². The Labute approximate surface area is 102 Å². The average molecular weight is 251 g/mol. The highest BCUT2D eigenvalue weighted by atomic mass is 16.5. The topological polar surface area (TPSA) is 121 Å². The molecule has 0 amide bonds. The number of aliphatic carboxylic acids is 1. The van der Waals surface area contributed by atoms with Crippen molar-refractivity contribution in [2.75, 3.05) is 7.11 Å². The molecule has 5 N–H and O–H groups in total. The first-order chi connectivity index (χ1) is 8.51. The van der Waals surface area contributed by atoms with E-state index in [9.17, 15) is 9.59 Å². The van der Waals surface area contributed by atoms with Crippen molar-refractivity contribution in [1.82, 2.24) is 9.97 Å². The summed E-state index contributed by atoms with van der Waals surface area (Å²) in [5.41, 5.74) is 6.99. The first-order valence-corrected chi connectivity index (χ1v) is 5.28. The molecule has 1 aromatic carbocycles. The molecule has 7 heteroatoms. The van der Waals surface area contributed by atoms with Gasteiger partial charge in [0, 0.05) is 12.5 Å². The molecule has 0 aliphatic heterocycles. The minimum atomic E-state index is -1.08. The molecule has 2 aromatic rings. The second-order valence-corrected chi connectivity index (χ2v) is 3.94. The van der Waals surface area contributed by atoms with Gasteiger partial charge in [0.1, 0.15) is 11.8 Å². The van der Waals surface area contributed by atoms with E-state index < -0.39 is 12.0 Å². The number of H-pyrrole nitrogens is 2. The molecule has 0 saturated carbocycles. The first-order valence-electron chi connectivity index (χ1n) is 5.28. The minimum Gasteiger partial charge on any atom is -0.496 e. The van der Waals surface area contributed by atoms with Gasteiger partial charge in [0.05, 0.1) is 18.1 Å². The number of imidazole rings is 1. The van der Waals surface area contributed by atoms with Gasteiger partial charge in [0.15, 0.2) is 0 Å². The van der Waals surface area contributed by atoms with Crippen molar-refractivity contribution >= 4 is 17.0 Å². The van der Waals surface area contributed by atoms with E-state index in [1.165, 1.54) is 7.11 Å². The minimum absolute atomic E-state index is 0.127. The smallest absolute Gasteiger partial charge is 0.323 e. The Morgan fingerprint density at radius 2 is 2.06 bits per heavy atom. The van der Waals surface area contributed by atoms with Crippen LogP contribution in [0.15, 0.2) is 16.9 Å². The lowest BCUT2D eigenvalue weighted by Crippen LogP contribution is -2.32. The Balaban J connectivity index is 2.47. The second-order valence-electron chi connectivity index (χ2n) is 3.94. The molecule has 0 bridgehead atoms. The molecule has 1 atom stereocenters. The molecule has 1 heterocycles. The number of methoxy groups -OCH3 is 1. The summed E-state index contributed by atoms with van der Waals surface area (Å²) >= 11 is 0.